The summed E-state index contributed by atoms with van der Waals surface area (Å²) in [5.41, 5.74) is 0.179. The van der Waals surface area contributed by atoms with Crippen molar-refractivity contribution in [3.63, 3.8) is 0 Å². The van der Waals surface area contributed by atoms with Crippen molar-refractivity contribution in [1.29, 1.82) is 0 Å². The highest BCUT2D eigenvalue weighted by molar-refractivity contribution is 5.98. The molecule has 0 aliphatic carbocycles. The highest BCUT2D eigenvalue weighted by Crippen LogP contribution is 2.29. The number of fused-ring (bicyclic) bond motifs is 1. The monoisotopic (exact) mass is 351 g/mol. The van der Waals surface area contributed by atoms with Crippen LogP contribution in [0.15, 0.2) is 18.2 Å². The summed E-state index contributed by atoms with van der Waals surface area (Å²) in [5.74, 6) is -0.785. The molecule has 25 heavy (non-hydrogen) atoms. The Labute approximate surface area is 148 Å². The van der Waals surface area contributed by atoms with Gasteiger partial charge in [0.15, 0.2) is 0 Å². The third kappa shape index (κ3) is 4.92. The summed E-state index contributed by atoms with van der Waals surface area (Å²) in [6.45, 7) is 6.22. The Kier molecular flexibility index (Phi) is 5.67. The molecule has 1 heterocycles. The smallest absolute Gasteiger partial charge is 0.411 e. The normalized spacial score (nSPS) is 15.2. The molecule has 2 amide bonds. The molecule has 0 atom stereocenters. The van der Waals surface area contributed by atoms with Crippen molar-refractivity contribution < 1.29 is 18.7 Å². The Morgan fingerprint density at radius 2 is 1.96 bits per heavy atom. The lowest BCUT2D eigenvalue weighted by Crippen LogP contribution is -2.43. The summed E-state index contributed by atoms with van der Waals surface area (Å²) < 4.78 is 19.8. The molecule has 1 aliphatic heterocycles. The fraction of sp³-hybridized carbons (Fsp3) is 0.556. The number of hydrogen-bond donors (Lipinski definition) is 0. The van der Waals surface area contributed by atoms with E-state index in [2.05, 4.69) is 0 Å². The second kappa shape index (κ2) is 7.39. The molecule has 1 aliphatic rings. The first-order valence-electron chi connectivity index (χ1n) is 8.29. The third-order valence-electron chi connectivity index (χ3n) is 3.75. The SMILES string of the molecule is CN(C)CCN1C(=O)CN(C(=O)OC(C)(C)C)Cc2cccc(F)c21. The average molecular weight is 351 g/mol. The van der Waals surface area contributed by atoms with Crippen molar-refractivity contribution in [1.82, 2.24) is 9.80 Å². The number of anilines is 1. The van der Waals surface area contributed by atoms with Crippen molar-refractivity contribution in [2.75, 3.05) is 38.6 Å². The molecule has 0 aromatic heterocycles. The van der Waals surface area contributed by atoms with Gasteiger partial charge in [0.05, 0.1) is 12.2 Å². The molecular weight excluding hydrogens is 325 g/mol. The molecule has 0 radical (unpaired) electrons. The lowest BCUT2D eigenvalue weighted by Gasteiger charge is -2.26. The van der Waals surface area contributed by atoms with Crippen molar-refractivity contribution in [3.8, 4) is 0 Å². The maximum absolute atomic E-state index is 14.5. The Bertz CT molecular complexity index is 655. The fourth-order valence-corrected chi connectivity index (χ4v) is 2.62. The van der Waals surface area contributed by atoms with E-state index in [4.69, 9.17) is 4.74 Å². The number of carbonyl (C=O) groups excluding carboxylic acids is 2. The Hall–Kier alpha value is -2.15. The highest BCUT2D eigenvalue weighted by Gasteiger charge is 2.32. The van der Waals surface area contributed by atoms with E-state index in [0.717, 1.165) is 0 Å². The number of carbonyl (C=O) groups is 2. The third-order valence-corrected chi connectivity index (χ3v) is 3.75. The van der Waals surface area contributed by atoms with Crippen LogP contribution in [0.25, 0.3) is 0 Å². The van der Waals surface area contributed by atoms with E-state index >= 15 is 0 Å². The van der Waals surface area contributed by atoms with Crippen LogP contribution in [0.3, 0.4) is 0 Å². The number of halogens is 1. The molecule has 0 fully saturated rings. The van der Waals surface area contributed by atoms with Gasteiger partial charge in [-0.15, -0.1) is 0 Å². The predicted molar refractivity (Wildman–Crippen MR) is 94.0 cm³/mol. The van der Waals surface area contributed by atoms with Gasteiger partial charge in [0.25, 0.3) is 0 Å². The number of benzene rings is 1. The molecule has 6 nitrogen and oxygen atoms in total. The molecule has 138 valence electrons. The van der Waals surface area contributed by atoms with E-state index in [1.54, 1.807) is 32.9 Å². The minimum absolute atomic E-state index is 0.131. The summed E-state index contributed by atoms with van der Waals surface area (Å²) in [6, 6.07) is 4.65. The van der Waals surface area contributed by atoms with Crippen molar-refractivity contribution in [2.45, 2.75) is 32.9 Å². The van der Waals surface area contributed by atoms with Gasteiger partial charge in [0, 0.05) is 13.1 Å². The molecule has 0 saturated carbocycles. The minimum atomic E-state index is -0.665. The average Bonchev–Trinajstić information content (AvgIpc) is 2.60. The zero-order chi connectivity index (χ0) is 18.8. The van der Waals surface area contributed by atoms with E-state index < -0.39 is 17.5 Å². The van der Waals surface area contributed by atoms with Gasteiger partial charge in [-0.3, -0.25) is 9.69 Å². The standard InChI is InChI=1S/C18H26FN3O3/c1-18(2,3)25-17(24)21-11-13-7-6-8-14(19)16(13)22(15(23)12-21)10-9-20(4)5/h6-8H,9-12H2,1-5H3. The minimum Gasteiger partial charge on any atom is -0.444 e. The second-order valence-corrected chi connectivity index (χ2v) is 7.43. The highest BCUT2D eigenvalue weighted by atomic mass is 19.1. The van der Waals surface area contributed by atoms with Crippen LogP contribution in [0.4, 0.5) is 14.9 Å². The molecule has 2 rings (SSSR count). The van der Waals surface area contributed by atoms with Crippen molar-refractivity contribution >= 4 is 17.7 Å². The van der Waals surface area contributed by atoms with Gasteiger partial charge < -0.3 is 14.5 Å². The van der Waals surface area contributed by atoms with Crippen molar-refractivity contribution in [2.24, 2.45) is 0 Å². The number of amides is 2. The zero-order valence-electron chi connectivity index (χ0n) is 15.5. The zero-order valence-corrected chi connectivity index (χ0v) is 15.5. The van der Waals surface area contributed by atoms with Crippen molar-refractivity contribution in [3.05, 3.63) is 29.6 Å². The number of ether oxygens (including phenoxy) is 1. The number of rotatable bonds is 3. The van der Waals surface area contributed by atoms with Crippen LogP contribution in [0, 0.1) is 5.82 Å². The molecule has 0 spiro atoms. The molecule has 1 aromatic rings. The van der Waals surface area contributed by atoms with Crippen LogP contribution in [0.2, 0.25) is 0 Å². The first-order chi connectivity index (χ1) is 11.6. The number of likely N-dealkylation sites (N-methyl/N-ethyl adjacent to an activating group) is 1. The lowest BCUT2D eigenvalue weighted by atomic mass is 10.1. The Morgan fingerprint density at radius 3 is 2.56 bits per heavy atom. The Balaban J connectivity index is 2.34. The number of nitrogens with zero attached hydrogens (tertiary/aromatic N) is 3. The van der Waals surface area contributed by atoms with Crippen LogP contribution in [-0.2, 0) is 16.1 Å². The van der Waals surface area contributed by atoms with E-state index in [0.29, 0.717) is 18.7 Å². The fourth-order valence-electron chi connectivity index (χ4n) is 2.62. The van der Waals surface area contributed by atoms with Gasteiger partial charge in [-0.2, -0.15) is 0 Å². The van der Waals surface area contributed by atoms with Gasteiger partial charge in [-0.05, 0) is 46.5 Å². The van der Waals surface area contributed by atoms with Gasteiger partial charge in [-0.25, -0.2) is 9.18 Å². The number of para-hydroxylation sites is 1. The summed E-state index contributed by atoms with van der Waals surface area (Å²) in [4.78, 5) is 29.8. The van der Waals surface area contributed by atoms with Gasteiger partial charge in [-0.1, -0.05) is 12.1 Å². The van der Waals surface area contributed by atoms with Gasteiger partial charge >= 0.3 is 6.09 Å². The van der Waals surface area contributed by atoms with E-state index in [9.17, 15) is 14.0 Å². The van der Waals surface area contributed by atoms with Crippen LogP contribution in [0.1, 0.15) is 26.3 Å². The van der Waals surface area contributed by atoms with Crippen LogP contribution >= 0.6 is 0 Å². The first kappa shape index (κ1) is 19.2. The maximum Gasteiger partial charge on any atom is 0.411 e. The molecular formula is C18H26FN3O3. The van der Waals surface area contributed by atoms with Crippen LogP contribution < -0.4 is 4.90 Å². The van der Waals surface area contributed by atoms with Gasteiger partial charge in [0.1, 0.15) is 18.0 Å². The van der Waals surface area contributed by atoms with E-state index in [-0.39, 0.29) is 24.7 Å². The molecule has 0 unspecified atom stereocenters. The summed E-state index contributed by atoms with van der Waals surface area (Å²) >= 11 is 0. The topological polar surface area (TPSA) is 53.1 Å². The molecule has 1 aromatic carbocycles. The first-order valence-corrected chi connectivity index (χ1v) is 8.29. The molecule has 0 saturated heterocycles. The lowest BCUT2D eigenvalue weighted by molar-refractivity contribution is -0.119. The molecule has 7 heteroatoms. The quantitative estimate of drug-likeness (QED) is 0.839. The van der Waals surface area contributed by atoms with Crippen LogP contribution in [-0.4, -0.2) is 61.1 Å². The maximum atomic E-state index is 14.5. The van der Waals surface area contributed by atoms with Crippen LogP contribution in [0.5, 0.6) is 0 Å². The summed E-state index contributed by atoms with van der Waals surface area (Å²) in [5, 5.41) is 0. The predicted octanol–water partition coefficient (Wildman–Crippen LogP) is 2.47. The van der Waals surface area contributed by atoms with E-state index in [1.165, 1.54) is 15.9 Å². The summed E-state index contributed by atoms with van der Waals surface area (Å²) in [6.07, 6.45) is -0.578. The number of hydrogen-bond acceptors (Lipinski definition) is 4. The second-order valence-electron chi connectivity index (χ2n) is 7.43. The van der Waals surface area contributed by atoms with Gasteiger partial charge in [0.2, 0.25) is 5.91 Å². The molecule has 0 bridgehead atoms. The largest absolute Gasteiger partial charge is 0.444 e. The van der Waals surface area contributed by atoms with E-state index in [1.807, 2.05) is 19.0 Å². The Morgan fingerprint density at radius 1 is 1.28 bits per heavy atom. The summed E-state index contributed by atoms with van der Waals surface area (Å²) in [7, 11) is 3.77. The molecule has 0 N–H and O–H groups in total.